The van der Waals surface area contributed by atoms with Crippen molar-refractivity contribution in [3.63, 3.8) is 0 Å². The van der Waals surface area contributed by atoms with E-state index in [1.54, 1.807) is 0 Å². The number of hydrogen-bond donors (Lipinski definition) is 2. The normalized spacial score (nSPS) is 13.9. The molecule has 7 heteroatoms. The summed E-state index contributed by atoms with van der Waals surface area (Å²) < 4.78 is 6.77. The van der Waals surface area contributed by atoms with Crippen molar-refractivity contribution < 1.29 is 14.0 Å². The Kier molecular flexibility index (Phi) is 3.11. The lowest BCUT2D eigenvalue weighted by atomic mass is 10.3. The van der Waals surface area contributed by atoms with E-state index in [1.807, 2.05) is 28.8 Å². The molecule has 1 fully saturated rings. The molecule has 7 nitrogen and oxygen atoms in total. The van der Waals surface area contributed by atoms with E-state index in [4.69, 9.17) is 4.42 Å². The van der Waals surface area contributed by atoms with Crippen LogP contribution in [0, 0.1) is 0 Å². The predicted octanol–water partition coefficient (Wildman–Crippen LogP) is 1.88. The molecular formula is C16H14N4O3. The van der Waals surface area contributed by atoms with Crippen LogP contribution < -0.4 is 10.9 Å². The van der Waals surface area contributed by atoms with Gasteiger partial charge in [-0.15, -0.1) is 0 Å². The van der Waals surface area contributed by atoms with Crippen LogP contribution in [0.25, 0.3) is 5.52 Å². The molecule has 2 N–H and O–H groups in total. The molecule has 1 aliphatic carbocycles. The lowest BCUT2D eigenvalue weighted by Gasteiger charge is -2.04. The Labute approximate surface area is 131 Å². The second kappa shape index (κ2) is 5.28. The van der Waals surface area contributed by atoms with Crippen molar-refractivity contribution in [3.8, 4) is 0 Å². The van der Waals surface area contributed by atoms with Crippen LogP contribution in [-0.2, 0) is 0 Å². The lowest BCUT2D eigenvalue weighted by molar-refractivity contribution is 0.0844. The predicted molar refractivity (Wildman–Crippen MR) is 80.8 cm³/mol. The van der Waals surface area contributed by atoms with Gasteiger partial charge in [-0.1, -0.05) is 6.07 Å². The largest absolute Gasteiger partial charge is 0.472 e. The highest BCUT2D eigenvalue weighted by Gasteiger charge is 2.30. The summed E-state index contributed by atoms with van der Waals surface area (Å²) in [7, 11) is 0. The summed E-state index contributed by atoms with van der Waals surface area (Å²) in [6, 6.07) is 7.11. The molecule has 0 unspecified atom stereocenters. The van der Waals surface area contributed by atoms with Crippen molar-refractivity contribution in [1.82, 2.24) is 20.2 Å². The fourth-order valence-corrected chi connectivity index (χ4v) is 2.50. The molecule has 23 heavy (non-hydrogen) atoms. The van der Waals surface area contributed by atoms with Crippen molar-refractivity contribution >= 4 is 17.3 Å². The number of imidazole rings is 1. The summed E-state index contributed by atoms with van der Waals surface area (Å²) in [6.45, 7) is 0. The van der Waals surface area contributed by atoms with Crippen molar-refractivity contribution in [3.05, 3.63) is 60.1 Å². The van der Waals surface area contributed by atoms with Crippen molar-refractivity contribution in [1.29, 1.82) is 0 Å². The minimum absolute atomic E-state index is 0.306. The summed E-state index contributed by atoms with van der Waals surface area (Å²) >= 11 is 0. The molecule has 1 saturated carbocycles. The molecule has 3 aromatic heterocycles. The zero-order valence-electron chi connectivity index (χ0n) is 12.2. The number of pyridine rings is 1. The van der Waals surface area contributed by atoms with E-state index in [2.05, 4.69) is 15.8 Å². The van der Waals surface area contributed by atoms with Gasteiger partial charge in [-0.25, -0.2) is 4.98 Å². The number of furan rings is 1. The first kappa shape index (κ1) is 13.6. The smallest absolute Gasteiger partial charge is 0.290 e. The number of hydrogen-bond acceptors (Lipinski definition) is 4. The number of rotatable bonds is 3. The molecule has 0 radical (unpaired) electrons. The van der Waals surface area contributed by atoms with E-state index >= 15 is 0 Å². The topological polar surface area (TPSA) is 88.6 Å². The average molecular weight is 310 g/mol. The van der Waals surface area contributed by atoms with Crippen LogP contribution in [0.15, 0.2) is 47.4 Å². The van der Waals surface area contributed by atoms with E-state index < -0.39 is 11.8 Å². The molecule has 0 atom stereocenters. The third-order valence-electron chi connectivity index (χ3n) is 3.81. The number of aromatic nitrogens is 2. The molecule has 0 spiro atoms. The van der Waals surface area contributed by atoms with Gasteiger partial charge in [0.2, 0.25) is 0 Å². The maximum absolute atomic E-state index is 12.4. The summed E-state index contributed by atoms with van der Waals surface area (Å²) in [5.41, 5.74) is 6.11. The maximum Gasteiger partial charge on any atom is 0.290 e. The first-order valence-electron chi connectivity index (χ1n) is 7.34. The highest BCUT2D eigenvalue weighted by Crippen LogP contribution is 2.39. The number of carbonyl (C=O) groups is 2. The van der Waals surface area contributed by atoms with E-state index in [0.717, 1.165) is 24.2 Å². The van der Waals surface area contributed by atoms with Crippen LogP contribution in [0.2, 0.25) is 0 Å². The summed E-state index contributed by atoms with van der Waals surface area (Å²) in [5.74, 6) is 0.411. The molecular weight excluding hydrogens is 296 g/mol. The SMILES string of the molecule is O=C(NNC(=O)c1nc(C2CC2)n2ccccc12)c1ccoc1. The van der Waals surface area contributed by atoms with Gasteiger partial charge in [0.1, 0.15) is 12.1 Å². The van der Waals surface area contributed by atoms with E-state index in [9.17, 15) is 9.59 Å². The van der Waals surface area contributed by atoms with Gasteiger partial charge in [-0.05, 0) is 31.0 Å². The van der Waals surface area contributed by atoms with Gasteiger partial charge in [-0.3, -0.25) is 20.4 Å². The van der Waals surface area contributed by atoms with Crippen LogP contribution in [0.4, 0.5) is 0 Å². The zero-order chi connectivity index (χ0) is 15.8. The van der Waals surface area contributed by atoms with Gasteiger partial charge >= 0.3 is 0 Å². The number of carbonyl (C=O) groups excluding carboxylic acids is 2. The van der Waals surface area contributed by atoms with Gasteiger partial charge in [0, 0.05) is 12.1 Å². The molecule has 116 valence electrons. The number of nitrogens with one attached hydrogen (secondary N) is 2. The number of nitrogens with zero attached hydrogens (tertiary/aromatic N) is 2. The second-order valence-corrected chi connectivity index (χ2v) is 5.47. The van der Waals surface area contributed by atoms with Crippen molar-refractivity contribution in [2.45, 2.75) is 18.8 Å². The van der Waals surface area contributed by atoms with Crippen molar-refractivity contribution in [2.24, 2.45) is 0 Å². The summed E-state index contributed by atoms with van der Waals surface area (Å²) in [5, 5.41) is 0. The highest BCUT2D eigenvalue weighted by atomic mass is 16.3. The minimum Gasteiger partial charge on any atom is -0.472 e. The zero-order valence-corrected chi connectivity index (χ0v) is 12.2. The van der Waals surface area contributed by atoms with Gasteiger partial charge in [0.25, 0.3) is 11.8 Å². The van der Waals surface area contributed by atoms with Crippen LogP contribution in [0.1, 0.15) is 45.4 Å². The van der Waals surface area contributed by atoms with Gasteiger partial charge in [0.05, 0.1) is 17.3 Å². The number of amides is 2. The number of fused-ring (bicyclic) bond motifs is 1. The van der Waals surface area contributed by atoms with E-state index in [1.165, 1.54) is 18.6 Å². The molecule has 0 bridgehead atoms. The molecule has 0 saturated heterocycles. The molecule has 2 amide bonds. The lowest BCUT2D eigenvalue weighted by Crippen LogP contribution is -2.41. The monoisotopic (exact) mass is 310 g/mol. The van der Waals surface area contributed by atoms with Crippen LogP contribution in [0.3, 0.4) is 0 Å². The second-order valence-electron chi connectivity index (χ2n) is 5.47. The van der Waals surface area contributed by atoms with Crippen LogP contribution in [-0.4, -0.2) is 21.2 Å². The Morgan fingerprint density at radius 2 is 2.00 bits per heavy atom. The first-order valence-corrected chi connectivity index (χ1v) is 7.34. The molecule has 4 rings (SSSR count). The average Bonchev–Trinajstić information content (AvgIpc) is 3.13. The van der Waals surface area contributed by atoms with Crippen LogP contribution >= 0.6 is 0 Å². The fourth-order valence-electron chi connectivity index (χ4n) is 2.50. The Hall–Kier alpha value is -3.09. The molecule has 1 aliphatic rings. The molecule has 0 aliphatic heterocycles. The fraction of sp³-hybridized carbons (Fsp3) is 0.188. The maximum atomic E-state index is 12.4. The first-order chi connectivity index (χ1) is 11.2. The quantitative estimate of drug-likeness (QED) is 0.723. The Morgan fingerprint density at radius 3 is 2.74 bits per heavy atom. The Balaban J connectivity index is 1.56. The Morgan fingerprint density at radius 1 is 1.17 bits per heavy atom. The van der Waals surface area contributed by atoms with Crippen LogP contribution in [0.5, 0.6) is 0 Å². The molecule has 3 aromatic rings. The molecule has 0 aromatic carbocycles. The third kappa shape index (κ3) is 2.46. The molecule has 3 heterocycles. The third-order valence-corrected chi connectivity index (χ3v) is 3.81. The van der Waals surface area contributed by atoms with Gasteiger partial charge < -0.3 is 8.82 Å². The standard InChI is InChI=1S/C16H14N4O3/c21-15(11-6-8-23-9-11)18-19-16(22)13-12-3-1-2-7-20(12)14(17-13)10-4-5-10/h1-3,6-10H,4-5H2,(H,18,21)(H,19,22). The van der Waals surface area contributed by atoms with Gasteiger partial charge in [-0.2, -0.15) is 0 Å². The Bertz CT molecular complexity index is 878. The minimum atomic E-state index is -0.447. The summed E-state index contributed by atoms with van der Waals surface area (Å²) in [4.78, 5) is 28.7. The number of hydrazine groups is 1. The van der Waals surface area contributed by atoms with Gasteiger partial charge in [0.15, 0.2) is 5.69 Å². The summed E-state index contributed by atoms with van der Waals surface area (Å²) in [6.07, 6.45) is 6.77. The van der Waals surface area contributed by atoms with Crippen molar-refractivity contribution in [2.75, 3.05) is 0 Å². The highest BCUT2D eigenvalue weighted by molar-refractivity contribution is 6.01. The van der Waals surface area contributed by atoms with E-state index in [0.29, 0.717) is 17.2 Å². The van der Waals surface area contributed by atoms with E-state index in [-0.39, 0.29) is 0 Å².